The second kappa shape index (κ2) is 9.95. The van der Waals surface area contributed by atoms with Crippen molar-refractivity contribution >= 4 is 41.4 Å². The summed E-state index contributed by atoms with van der Waals surface area (Å²) in [5.74, 6) is 1.75. The molecule has 0 unspecified atom stereocenters. The molecule has 160 valence electrons. The largest absolute Gasteiger partial charge is 0.493 e. The molecule has 2 aromatic carbocycles. The molecule has 3 aromatic rings. The third-order valence-electron chi connectivity index (χ3n) is 4.60. The van der Waals surface area contributed by atoms with Crippen molar-refractivity contribution in [1.82, 2.24) is 4.98 Å². The van der Waals surface area contributed by atoms with Crippen LogP contribution in [0.2, 0.25) is 0 Å². The molecule has 0 amide bonds. The number of allylic oxidation sites excluding steroid dienone is 2. The van der Waals surface area contributed by atoms with Crippen LogP contribution in [-0.4, -0.2) is 31.4 Å². The molecule has 0 aliphatic carbocycles. The van der Waals surface area contributed by atoms with Gasteiger partial charge in [0.25, 0.3) is 0 Å². The molecule has 0 bridgehead atoms. The first-order valence-electron chi connectivity index (χ1n) is 9.63. The Labute approximate surface area is 187 Å². The second-order valence-corrected chi connectivity index (χ2v) is 6.99. The smallest absolute Gasteiger partial charge is 0.229 e. The minimum absolute atomic E-state index is 0.483. The highest BCUT2D eigenvalue weighted by molar-refractivity contribution is 7.80. The Morgan fingerprint density at radius 3 is 2.61 bits per heavy atom. The normalized spacial score (nSPS) is 11.5. The summed E-state index contributed by atoms with van der Waals surface area (Å²) in [7, 11) is 5.08. The van der Waals surface area contributed by atoms with Crippen LogP contribution in [0.1, 0.15) is 6.92 Å². The molecule has 31 heavy (non-hydrogen) atoms. The summed E-state index contributed by atoms with van der Waals surface area (Å²) in [5.41, 5.74) is 3.06. The van der Waals surface area contributed by atoms with Gasteiger partial charge in [-0.15, -0.1) is 0 Å². The van der Waals surface area contributed by atoms with E-state index in [-0.39, 0.29) is 0 Å². The lowest BCUT2D eigenvalue weighted by molar-refractivity contribution is 0.355. The van der Waals surface area contributed by atoms with E-state index in [0.29, 0.717) is 33.3 Å². The van der Waals surface area contributed by atoms with Gasteiger partial charge in [-0.1, -0.05) is 30.9 Å². The van der Waals surface area contributed by atoms with Crippen LogP contribution in [0.3, 0.4) is 0 Å². The molecule has 6 nitrogen and oxygen atoms in total. The van der Waals surface area contributed by atoms with Crippen molar-refractivity contribution in [3.05, 3.63) is 65.4 Å². The second-order valence-electron chi connectivity index (χ2n) is 6.60. The summed E-state index contributed by atoms with van der Waals surface area (Å²) in [4.78, 5) is 6.36. The Hall–Kier alpha value is -3.58. The Morgan fingerprint density at radius 2 is 1.90 bits per heavy atom. The molecule has 1 N–H and O–H groups in total. The minimum Gasteiger partial charge on any atom is -0.493 e. The van der Waals surface area contributed by atoms with Gasteiger partial charge in [0.15, 0.2) is 22.0 Å². The standard InChI is InChI=1S/C24H25N3O3S/c1-6-7-12-20-16(2)25-23(30-20)18-10-8-9-11-19(18)27(3)24(31)26-17-13-14-21(28-4)22(15-17)29-5/h6-15H,2H2,1,3-5H3,(H,26,31)/b7-6-,20-12+. The molecule has 1 heterocycles. The number of para-hydroxylation sites is 1. The number of hydrogen-bond donors (Lipinski definition) is 1. The minimum atomic E-state index is 0.483. The lowest BCUT2D eigenvalue weighted by Gasteiger charge is -2.23. The predicted octanol–water partition coefficient (Wildman–Crippen LogP) is 3.96. The quantitative estimate of drug-likeness (QED) is 0.588. The monoisotopic (exact) mass is 435 g/mol. The molecule has 1 aromatic heterocycles. The number of benzene rings is 2. The maximum absolute atomic E-state index is 5.95. The highest BCUT2D eigenvalue weighted by Crippen LogP contribution is 2.31. The van der Waals surface area contributed by atoms with Crippen LogP contribution in [0.5, 0.6) is 11.5 Å². The number of nitrogens with one attached hydrogen (secondary N) is 1. The van der Waals surface area contributed by atoms with Crippen molar-refractivity contribution < 1.29 is 13.9 Å². The van der Waals surface area contributed by atoms with Crippen molar-refractivity contribution in [3.8, 4) is 23.0 Å². The van der Waals surface area contributed by atoms with Crippen LogP contribution in [0, 0.1) is 0 Å². The van der Waals surface area contributed by atoms with Crippen molar-refractivity contribution in [2.75, 3.05) is 31.5 Å². The average molecular weight is 436 g/mol. The van der Waals surface area contributed by atoms with Crippen LogP contribution in [0.15, 0.2) is 59.0 Å². The number of ether oxygens (including phenoxy) is 2. The maximum Gasteiger partial charge on any atom is 0.229 e. The van der Waals surface area contributed by atoms with Gasteiger partial charge in [-0.25, -0.2) is 4.98 Å². The Balaban J connectivity index is 1.90. The average Bonchev–Trinajstić information content (AvgIpc) is 3.17. The molecule has 0 radical (unpaired) electrons. The zero-order valence-electron chi connectivity index (χ0n) is 18.0. The van der Waals surface area contributed by atoms with E-state index in [1.807, 2.05) is 79.6 Å². The van der Waals surface area contributed by atoms with E-state index >= 15 is 0 Å². The predicted molar refractivity (Wildman–Crippen MR) is 130 cm³/mol. The fraction of sp³-hybridized carbons (Fsp3) is 0.167. The molecule has 3 rings (SSSR count). The fourth-order valence-corrected chi connectivity index (χ4v) is 3.19. The first-order valence-corrected chi connectivity index (χ1v) is 10.0. The lowest BCUT2D eigenvalue weighted by Crippen LogP contribution is -2.31. The molecular weight excluding hydrogens is 410 g/mol. The molecule has 0 saturated heterocycles. The van der Waals surface area contributed by atoms with E-state index in [9.17, 15) is 0 Å². The Bertz CT molecular complexity index is 1220. The number of aromatic nitrogens is 1. The van der Waals surface area contributed by atoms with Crippen molar-refractivity contribution in [1.29, 1.82) is 0 Å². The molecule has 0 fully saturated rings. The van der Waals surface area contributed by atoms with Gasteiger partial charge in [0.05, 0.1) is 25.5 Å². The van der Waals surface area contributed by atoms with Crippen LogP contribution < -0.4 is 30.5 Å². The lowest BCUT2D eigenvalue weighted by atomic mass is 10.1. The first kappa shape index (κ1) is 22.1. The summed E-state index contributed by atoms with van der Waals surface area (Å²) in [6.07, 6.45) is 5.65. The van der Waals surface area contributed by atoms with Gasteiger partial charge in [-0.05, 0) is 49.5 Å². The highest BCUT2D eigenvalue weighted by atomic mass is 32.1. The topological polar surface area (TPSA) is 59.8 Å². The molecular formula is C24H25N3O3S. The van der Waals surface area contributed by atoms with Gasteiger partial charge in [0.1, 0.15) is 5.35 Å². The third kappa shape index (κ3) is 4.95. The number of methoxy groups -OCH3 is 2. The zero-order chi connectivity index (χ0) is 22.4. The Morgan fingerprint density at radius 1 is 1.16 bits per heavy atom. The summed E-state index contributed by atoms with van der Waals surface area (Å²) < 4.78 is 16.6. The van der Waals surface area contributed by atoms with Gasteiger partial charge in [0.2, 0.25) is 5.89 Å². The highest BCUT2D eigenvalue weighted by Gasteiger charge is 2.16. The SMILES string of the molecule is C=c1nc(-c2ccccc2N(C)C(=S)Nc2ccc(OC)c(OC)c2)o/c1=C/C=C\C. The van der Waals surface area contributed by atoms with Crippen LogP contribution in [0.4, 0.5) is 11.4 Å². The summed E-state index contributed by atoms with van der Waals surface area (Å²) in [6.45, 7) is 5.91. The number of nitrogens with zero attached hydrogens (tertiary/aromatic N) is 2. The number of rotatable bonds is 6. The van der Waals surface area contributed by atoms with Gasteiger partial charge < -0.3 is 24.1 Å². The summed E-state index contributed by atoms with van der Waals surface area (Å²) in [5, 5.41) is 4.31. The Kier molecular flexibility index (Phi) is 7.10. The van der Waals surface area contributed by atoms with Gasteiger partial charge in [-0.3, -0.25) is 0 Å². The maximum atomic E-state index is 5.95. The van der Waals surface area contributed by atoms with Gasteiger partial charge in [-0.2, -0.15) is 0 Å². The van der Waals surface area contributed by atoms with Gasteiger partial charge >= 0.3 is 0 Å². The third-order valence-corrected chi connectivity index (χ3v) is 4.98. The van der Waals surface area contributed by atoms with E-state index < -0.39 is 0 Å². The van der Waals surface area contributed by atoms with E-state index in [0.717, 1.165) is 16.9 Å². The first-order chi connectivity index (χ1) is 15.0. The fourth-order valence-electron chi connectivity index (χ4n) is 2.97. The number of thiocarbonyl (C=S) groups is 1. The molecule has 0 aliphatic rings. The van der Waals surface area contributed by atoms with Crippen LogP contribution in [-0.2, 0) is 0 Å². The van der Waals surface area contributed by atoms with E-state index in [2.05, 4.69) is 16.9 Å². The number of anilines is 2. The van der Waals surface area contributed by atoms with Crippen molar-refractivity contribution in [2.24, 2.45) is 0 Å². The molecule has 0 saturated carbocycles. The van der Waals surface area contributed by atoms with Crippen LogP contribution >= 0.6 is 12.2 Å². The summed E-state index contributed by atoms with van der Waals surface area (Å²) in [6, 6.07) is 13.3. The summed E-state index contributed by atoms with van der Waals surface area (Å²) >= 11 is 5.64. The van der Waals surface area contributed by atoms with E-state index in [1.165, 1.54) is 0 Å². The molecule has 7 heteroatoms. The molecule has 0 atom stereocenters. The van der Waals surface area contributed by atoms with Gasteiger partial charge in [0, 0.05) is 18.8 Å². The number of hydrogen-bond acceptors (Lipinski definition) is 5. The van der Waals surface area contributed by atoms with Crippen molar-refractivity contribution in [3.63, 3.8) is 0 Å². The molecule has 0 spiro atoms. The number of oxazole rings is 1. The van der Waals surface area contributed by atoms with E-state index in [1.54, 1.807) is 14.2 Å². The zero-order valence-corrected chi connectivity index (χ0v) is 18.8. The van der Waals surface area contributed by atoms with Crippen LogP contribution in [0.25, 0.3) is 24.1 Å². The van der Waals surface area contributed by atoms with Crippen molar-refractivity contribution in [2.45, 2.75) is 6.92 Å². The molecule has 0 aliphatic heterocycles. The van der Waals surface area contributed by atoms with E-state index in [4.69, 9.17) is 26.1 Å².